The van der Waals surface area contributed by atoms with E-state index < -0.39 is 22.0 Å². The van der Waals surface area contributed by atoms with Crippen molar-refractivity contribution in [1.29, 1.82) is 0 Å². The zero-order chi connectivity index (χ0) is 17.9. The van der Waals surface area contributed by atoms with Gasteiger partial charge in [0.25, 0.3) is 0 Å². The number of benzene rings is 2. The molecule has 2 rings (SSSR count). The summed E-state index contributed by atoms with van der Waals surface area (Å²) in [5.41, 5.74) is 2.09. The lowest BCUT2D eigenvalue weighted by atomic mass is 10.1. The van der Waals surface area contributed by atoms with Crippen LogP contribution in [0.2, 0.25) is 5.02 Å². The summed E-state index contributed by atoms with van der Waals surface area (Å²) in [4.78, 5) is 11.3. The summed E-state index contributed by atoms with van der Waals surface area (Å²) < 4.78 is 27.8. The largest absolute Gasteiger partial charge is 0.481 e. The van der Waals surface area contributed by atoms with Crippen LogP contribution in [-0.4, -0.2) is 19.5 Å². The normalized spacial score (nSPS) is 12.8. The lowest BCUT2D eigenvalue weighted by Gasteiger charge is -2.18. The summed E-state index contributed by atoms with van der Waals surface area (Å²) in [5.74, 6) is -1.10. The van der Waals surface area contributed by atoms with Crippen LogP contribution in [0.3, 0.4) is 0 Å². The number of hydrogen-bond acceptors (Lipinski definition) is 3. The SMILES string of the molecule is Cc1ccc(S(=O)(=O)N[C@H](CC(=O)O)c2ccc(Cl)cc2)c(C)c1. The van der Waals surface area contributed by atoms with Crippen molar-refractivity contribution < 1.29 is 18.3 Å². The Balaban J connectivity index is 2.37. The highest BCUT2D eigenvalue weighted by Crippen LogP contribution is 2.24. The molecule has 0 aliphatic rings. The predicted octanol–water partition coefficient (Wildman–Crippen LogP) is 3.45. The Labute approximate surface area is 146 Å². The minimum Gasteiger partial charge on any atom is -0.481 e. The molecule has 24 heavy (non-hydrogen) atoms. The van der Waals surface area contributed by atoms with Crippen LogP contribution >= 0.6 is 11.6 Å². The molecule has 5 nitrogen and oxygen atoms in total. The molecule has 2 aromatic rings. The zero-order valence-electron chi connectivity index (χ0n) is 13.3. The fraction of sp³-hybridized carbons (Fsp3) is 0.235. The first-order chi connectivity index (χ1) is 11.2. The highest BCUT2D eigenvalue weighted by Gasteiger charge is 2.24. The summed E-state index contributed by atoms with van der Waals surface area (Å²) in [6, 6.07) is 10.5. The smallest absolute Gasteiger partial charge is 0.305 e. The molecule has 1 atom stereocenters. The molecule has 0 unspecified atom stereocenters. The Hall–Kier alpha value is -1.89. The van der Waals surface area contributed by atoms with Gasteiger partial charge in [-0.2, -0.15) is 0 Å². The van der Waals surface area contributed by atoms with Gasteiger partial charge in [-0.1, -0.05) is 41.4 Å². The quantitative estimate of drug-likeness (QED) is 0.819. The third kappa shape index (κ3) is 4.56. The Kier molecular flexibility index (Phi) is 5.64. The van der Waals surface area contributed by atoms with Gasteiger partial charge < -0.3 is 5.11 Å². The van der Waals surface area contributed by atoms with E-state index in [4.69, 9.17) is 16.7 Å². The number of aliphatic carboxylic acids is 1. The number of carboxylic acid groups (broad SMARTS) is 1. The first-order valence-corrected chi connectivity index (χ1v) is 9.12. The van der Waals surface area contributed by atoms with E-state index in [1.807, 2.05) is 6.92 Å². The molecule has 0 aliphatic carbocycles. The highest BCUT2D eigenvalue weighted by atomic mass is 35.5. The molecule has 2 aromatic carbocycles. The van der Waals surface area contributed by atoms with E-state index in [9.17, 15) is 13.2 Å². The van der Waals surface area contributed by atoms with Crippen LogP contribution in [0.4, 0.5) is 0 Å². The maximum absolute atomic E-state index is 12.7. The zero-order valence-corrected chi connectivity index (χ0v) is 14.9. The Bertz CT molecular complexity index is 847. The van der Waals surface area contributed by atoms with Crippen LogP contribution in [0.25, 0.3) is 0 Å². The number of rotatable bonds is 6. The maximum atomic E-state index is 12.7. The van der Waals surface area contributed by atoms with E-state index in [0.29, 0.717) is 16.1 Å². The van der Waals surface area contributed by atoms with Crippen LogP contribution < -0.4 is 4.72 Å². The summed E-state index contributed by atoms with van der Waals surface area (Å²) >= 11 is 5.83. The van der Waals surface area contributed by atoms with E-state index >= 15 is 0 Å². The second-order valence-corrected chi connectivity index (χ2v) is 7.71. The van der Waals surface area contributed by atoms with Gasteiger partial charge in [0.05, 0.1) is 17.4 Å². The van der Waals surface area contributed by atoms with Crippen molar-refractivity contribution in [2.75, 3.05) is 0 Å². The van der Waals surface area contributed by atoms with Crippen molar-refractivity contribution in [2.24, 2.45) is 0 Å². The standard InChI is InChI=1S/C17H18ClNO4S/c1-11-3-8-16(12(2)9-11)24(22,23)19-15(10-17(20)21)13-4-6-14(18)7-5-13/h3-9,15,19H,10H2,1-2H3,(H,20,21)/t15-/m1/s1. The molecule has 0 amide bonds. The van der Waals surface area contributed by atoms with Gasteiger partial charge in [-0.3, -0.25) is 4.79 Å². The van der Waals surface area contributed by atoms with Gasteiger partial charge in [0.2, 0.25) is 10.0 Å². The van der Waals surface area contributed by atoms with Gasteiger partial charge in [0.15, 0.2) is 0 Å². The van der Waals surface area contributed by atoms with E-state index in [1.54, 1.807) is 43.3 Å². The summed E-state index contributed by atoms with van der Waals surface area (Å²) in [7, 11) is -3.86. The van der Waals surface area contributed by atoms with Gasteiger partial charge in [-0.15, -0.1) is 0 Å². The Morgan fingerprint density at radius 1 is 1.17 bits per heavy atom. The number of aryl methyl sites for hydroxylation is 2. The van der Waals surface area contributed by atoms with Crippen LogP contribution in [0, 0.1) is 13.8 Å². The molecule has 0 saturated carbocycles. The minimum absolute atomic E-state index is 0.137. The predicted molar refractivity (Wildman–Crippen MR) is 92.7 cm³/mol. The number of halogens is 1. The van der Waals surface area contributed by atoms with Gasteiger partial charge in [0.1, 0.15) is 0 Å². The number of carbonyl (C=O) groups is 1. The van der Waals surface area contributed by atoms with Gasteiger partial charge in [-0.25, -0.2) is 13.1 Å². The summed E-state index contributed by atoms with van der Waals surface area (Å²) in [6.07, 6.45) is -0.369. The number of carboxylic acids is 1. The van der Waals surface area contributed by atoms with Crippen molar-refractivity contribution >= 4 is 27.6 Å². The lowest BCUT2D eigenvalue weighted by molar-refractivity contribution is -0.137. The third-order valence-electron chi connectivity index (χ3n) is 3.57. The van der Waals surface area contributed by atoms with Crippen LogP contribution in [-0.2, 0) is 14.8 Å². The molecule has 0 spiro atoms. The molecular formula is C17H18ClNO4S. The van der Waals surface area contributed by atoms with Crippen LogP contribution in [0.1, 0.15) is 29.2 Å². The fourth-order valence-corrected chi connectivity index (χ4v) is 4.03. The van der Waals surface area contributed by atoms with Crippen molar-refractivity contribution in [3.05, 3.63) is 64.2 Å². The molecular weight excluding hydrogens is 350 g/mol. The monoisotopic (exact) mass is 367 g/mol. The van der Waals surface area contributed by atoms with Crippen molar-refractivity contribution in [3.8, 4) is 0 Å². The van der Waals surface area contributed by atoms with E-state index in [2.05, 4.69) is 4.72 Å². The number of hydrogen-bond donors (Lipinski definition) is 2. The molecule has 0 fully saturated rings. The Morgan fingerprint density at radius 2 is 1.79 bits per heavy atom. The van der Waals surface area contributed by atoms with Crippen molar-refractivity contribution in [1.82, 2.24) is 4.72 Å². The molecule has 0 heterocycles. The molecule has 128 valence electrons. The van der Waals surface area contributed by atoms with E-state index in [1.165, 1.54) is 6.07 Å². The second-order valence-electron chi connectivity index (χ2n) is 5.59. The topological polar surface area (TPSA) is 83.5 Å². The molecule has 0 aliphatic heterocycles. The first kappa shape index (κ1) is 18.4. The Morgan fingerprint density at radius 3 is 2.33 bits per heavy atom. The van der Waals surface area contributed by atoms with E-state index in [-0.39, 0.29) is 11.3 Å². The lowest BCUT2D eigenvalue weighted by Crippen LogP contribution is -2.30. The van der Waals surface area contributed by atoms with Crippen molar-refractivity contribution in [3.63, 3.8) is 0 Å². The summed E-state index contributed by atoms with van der Waals surface area (Å²) in [6.45, 7) is 3.58. The van der Waals surface area contributed by atoms with E-state index in [0.717, 1.165) is 5.56 Å². The molecule has 2 N–H and O–H groups in total. The van der Waals surface area contributed by atoms with Crippen LogP contribution in [0.15, 0.2) is 47.4 Å². The summed E-state index contributed by atoms with van der Waals surface area (Å²) in [5, 5.41) is 9.59. The van der Waals surface area contributed by atoms with Gasteiger partial charge in [-0.05, 0) is 43.2 Å². The number of sulfonamides is 1. The molecule has 0 saturated heterocycles. The minimum atomic E-state index is -3.86. The molecule has 0 aromatic heterocycles. The molecule has 0 radical (unpaired) electrons. The molecule has 0 bridgehead atoms. The number of nitrogens with one attached hydrogen (secondary N) is 1. The first-order valence-electron chi connectivity index (χ1n) is 7.26. The molecule has 7 heteroatoms. The average Bonchev–Trinajstić information content (AvgIpc) is 2.46. The second kappa shape index (κ2) is 7.34. The van der Waals surface area contributed by atoms with Gasteiger partial charge >= 0.3 is 5.97 Å². The maximum Gasteiger partial charge on any atom is 0.305 e. The highest BCUT2D eigenvalue weighted by molar-refractivity contribution is 7.89. The van der Waals surface area contributed by atoms with Gasteiger partial charge in [0, 0.05) is 5.02 Å². The fourth-order valence-electron chi connectivity index (χ4n) is 2.45. The average molecular weight is 368 g/mol. The third-order valence-corrected chi connectivity index (χ3v) is 5.45. The van der Waals surface area contributed by atoms with Crippen molar-refractivity contribution in [2.45, 2.75) is 31.2 Å². The van der Waals surface area contributed by atoms with Crippen LogP contribution in [0.5, 0.6) is 0 Å².